The summed E-state index contributed by atoms with van der Waals surface area (Å²) in [7, 11) is 0. The first-order valence-electron chi connectivity index (χ1n) is 5.66. The van der Waals surface area contributed by atoms with Gasteiger partial charge < -0.3 is 15.5 Å². The number of nitrogens with two attached hydrogens (primary N) is 1. The zero-order valence-electron chi connectivity index (χ0n) is 10.4. The molecule has 2 aromatic rings. The molecule has 0 unspecified atom stereocenters. The summed E-state index contributed by atoms with van der Waals surface area (Å²) in [6.07, 6.45) is 1.62. The van der Waals surface area contributed by atoms with E-state index in [2.05, 4.69) is 22.1 Å². The van der Waals surface area contributed by atoms with Gasteiger partial charge in [-0.15, -0.1) is 11.3 Å². The molecule has 5 nitrogen and oxygen atoms in total. The van der Waals surface area contributed by atoms with E-state index in [-0.39, 0.29) is 12.5 Å². The molecule has 0 aromatic carbocycles. The van der Waals surface area contributed by atoms with Gasteiger partial charge in [0.25, 0.3) is 5.91 Å². The lowest BCUT2D eigenvalue weighted by molar-refractivity contribution is 0.0947. The van der Waals surface area contributed by atoms with Gasteiger partial charge in [-0.2, -0.15) is 0 Å². The summed E-state index contributed by atoms with van der Waals surface area (Å²) in [5.74, 6) is 6.68. The second-order valence-corrected chi connectivity index (χ2v) is 4.66. The Morgan fingerprint density at radius 1 is 1.63 bits per heavy atom. The molecule has 0 saturated carbocycles. The van der Waals surface area contributed by atoms with E-state index in [0.29, 0.717) is 18.0 Å². The third-order valence-electron chi connectivity index (χ3n) is 2.24. The van der Waals surface area contributed by atoms with Crippen LogP contribution < -0.4 is 11.1 Å². The van der Waals surface area contributed by atoms with Crippen LogP contribution in [0.4, 0.5) is 0 Å². The summed E-state index contributed by atoms with van der Waals surface area (Å²) >= 11 is 1.41. The quantitative estimate of drug-likeness (QED) is 0.827. The van der Waals surface area contributed by atoms with Crippen molar-refractivity contribution >= 4 is 17.2 Å². The predicted octanol–water partition coefficient (Wildman–Crippen LogP) is 1.28. The maximum absolute atomic E-state index is 11.9. The van der Waals surface area contributed by atoms with Gasteiger partial charge in [0.2, 0.25) is 5.89 Å². The first-order chi connectivity index (χ1) is 9.19. The highest BCUT2D eigenvalue weighted by Gasteiger charge is 2.09. The number of nitrogens with one attached hydrogen (secondary N) is 1. The van der Waals surface area contributed by atoms with Gasteiger partial charge in [-0.05, 0) is 13.0 Å². The van der Waals surface area contributed by atoms with E-state index < -0.39 is 0 Å². The summed E-state index contributed by atoms with van der Waals surface area (Å²) in [4.78, 5) is 16.7. The van der Waals surface area contributed by atoms with E-state index in [4.69, 9.17) is 10.2 Å². The minimum absolute atomic E-state index is 0.173. The SMILES string of the molecule is Cc1cnc(CNC(=O)c2csc(C#CCN)c2)o1. The maximum atomic E-state index is 11.9. The molecule has 0 aliphatic rings. The average molecular weight is 275 g/mol. The van der Waals surface area contributed by atoms with Gasteiger partial charge in [0.05, 0.1) is 29.7 Å². The van der Waals surface area contributed by atoms with Crippen molar-refractivity contribution in [2.75, 3.05) is 6.54 Å². The van der Waals surface area contributed by atoms with E-state index in [1.807, 2.05) is 0 Å². The molecular weight excluding hydrogens is 262 g/mol. The number of thiophene rings is 1. The Morgan fingerprint density at radius 2 is 2.47 bits per heavy atom. The van der Waals surface area contributed by atoms with Gasteiger partial charge in [-0.1, -0.05) is 11.8 Å². The molecule has 0 radical (unpaired) electrons. The Hall–Kier alpha value is -2.10. The van der Waals surface area contributed by atoms with E-state index in [1.54, 1.807) is 24.6 Å². The van der Waals surface area contributed by atoms with E-state index in [0.717, 1.165) is 10.6 Å². The van der Waals surface area contributed by atoms with Gasteiger partial charge in [0, 0.05) is 5.38 Å². The molecule has 6 heteroatoms. The highest BCUT2D eigenvalue weighted by molar-refractivity contribution is 7.10. The number of hydrogen-bond acceptors (Lipinski definition) is 5. The molecule has 0 aliphatic carbocycles. The van der Waals surface area contributed by atoms with Crippen LogP contribution in [0.2, 0.25) is 0 Å². The maximum Gasteiger partial charge on any atom is 0.252 e. The molecule has 2 aromatic heterocycles. The Bertz CT molecular complexity index is 634. The number of carbonyl (C=O) groups is 1. The Balaban J connectivity index is 1.94. The van der Waals surface area contributed by atoms with Crippen LogP contribution in [-0.2, 0) is 6.54 Å². The molecule has 0 atom stereocenters. The summed E-state index contributed by atoms with van der Waals surface area (Å²) in [6.45, 7) is 2.38. The average Bonchev–Trinajstić information content (AvgIpc) is 3.02. The second kappa shape index (κ2) is 6.18. The van der Waals surface area contributed by atoms with Crippen molar-refractivity contribution < 1.29 is 9.21 Å². The molecule has 0 aliphatic heterocycles. The standard InChI is InChI=1S/C13H13N3O2S/c1-9-6-15-12(18-9)7-16-13(17)10-5-11(19-8-10)3-2-4-14/h5-6,8H,4,7,14H2,1H3,(H,16,17). The second-order valence-electron chi connectivity index (χ2n) is 3.75. The van der Waals surface area contributed by atoms with E-state index in [1.165, 1.54) is 11.3 Å². The molecule has 0 bridgehead atoms. The number of nitrogens with zero attached hydrogens (tertiary/aromatic N) is 1. The predicted molar refractivity (Wildman–Crippen MR) is 72.7 cm³/mol. The van der Waals surface area contributed by atoms with Gasteiger partial charge in [-0.3, -0.25) is 4.79 Å². The van der Waals surface area contributed by atoms with Crippen LogP contribution in [0.25, 0.3) is 0 Å². The van der Waals surface area contributed by atoms with Crippen LogP contribution in [0.3, 0.4) is 0 Å². The van der Waals surface area contributed by atoms with Crippen LogP contribution in [-0.4, -0.2) is 17.4 Å². The fourth-order valence-corrected chi connectivity index (χ4v) is 2.16. The first kappa shape index (κ1) is 13.3. The molecule has 0 fully saturated rings. The molecule has 1 amide bonds. The lowest BCUT2D eigenvalue weighted by atomic mass is 10.3. The normalized spacial score (nSPS) is 9.79. The van der Waals surface area contributed by atoms with Crippen molar-refractivity contribution in [2.45, 2.75) is 13.5 Å². The van der Waals surface area contributed by atoms with E-state index >= 15 is 0 Å². The molecule has 3 N–H and O–H groups in total. The highest BCUT2D eigenvalue weighted by atomic mass is 32.1. The van der Waals surface area contributed by atoms with Crippen LogP contribution in [0, 0.1) is 18.8 Å². The largest absolute Gasteiger partial charge is 0.444 e. The Morgan fingerprint density at radius 3 is 3.16 bits per heavy atom. The summed E-state index contributed by atoms with van der Waals surface area (Å²) in [5.41, 5.74) is 5.87. The number of carbonyl (C=O) groups excluding carboxylic acids is 1. The fourth-order valence-electron chi connectivity index (χ4n) is 1.40. The van der Waals surface area contributed by atoms with Crippen molar-refractivity contribution in [3.8, 4) is 11.8 Å². The first-order valence-corrected chi connectivity index (χ1v) is 6.54. The molecule has 0 saturated heterocycles. The van der Waals surface area contributed by atoms with Crippen molar-refractivity contribution in [3.05, 3.63) is 39.7 Å². The van der Waals surface area contributed by atoms with Gasteiger partial charge in [-0.25, -0.2) is 4.98 Å². The summed E-state index contributed by atoms with van der Waals surface area (Å²) in [5, 5.41) is 4.50. The molecule has 2 heterocycles. The Kier molecular flexibility index (Phi) is 4.34. The van der Waals surface area contributed by atoms with Crippen molar-refractivity contribution in [3.63, 3.8) is 0 Å². The summed E-state index contributed by atoms with van der Waals surface area (Å²) < 4.78 is 5.27. The lowest BCUT2D eigenvalue weighted by Gasteiger charge is -1.99. The molecule has 2 rings (SSSR count). The third-order valence-corrected chi connectivity index (χ3v) is 3.09. The molecule has 98 valence electrons. The minimum atomic E-state index is -0.173. The van der Waals surface area contributed by atoms with Gasteiger partial charge in [0.1, 0.15) is 5.76 Å². The number of hydrogen-bond donors (Lipinski definition) is 2. The molecule has 19 heavy (non-hydrogen) atoms. The smallest absolute Gasteiger partial charge is 0.252 e. The van der Waals surface area contributed by atoms with Crippen LogP contribution in [0.15, 0.2) is 22.1 Å². The van der Waals surface area contributed by atoms with Crippen LogP contribution >= 0.6 is 11.3 Å². The number of aromatic nitrogens is 1. The topological polar surface area (TPSA) is 81.2 Å². The lowest BCUT2D eigenvalue weighted by Crippen LogP contribution is -2.22. The summed E-state index contributed by atoms with van der Waals surface area (Å²) in [6, 6.07) is 1.74. The van der Waals surface area contributed by atoms with Crippen molar-refractivity contribution in [1.82, 2.24) is 10.3 Å². The number of aryl methyl sites for hydroxylation is 1. The zero-order chi connectivity index (χ0) is 13.7. The van der Waals surface area contributed by atoms with Crippen LogP contribution in [0.1, 0.15) is 26.9 Å². The monoisotopic (exact) mass is 275 g/mol. The number of amides is 1. The van der Waals surface area contributed by atoms with Crippen molar-refractivity contribution in [1.29, 1.82) is 0 Å². The minimum Gasteiger partial charge on any atom is -0.444 e. The zero-order valence-corrected chi connectivity index (χ0v) is 11.2. The molecule has 0 spiro atoms. The van der Waals surface area contributed by atoms with Gasteiger partial charge in [0.15, 0.2) is 0 Å². The van der Waals surface area contributed by atoms with Gasteiger partial charge >= 0.3 is 0 Å². The van der Waals surface area contributed by atoms with Crippen LogP contribution in [0.5, 0.6) is 0 Å². The Labute approximate surface area is 114 Å². The molecular formula is C13H13N3O2S. The van der Waals surface area contributed by atoms with Crippen molar-refractivity contribution in [2.24, 2.45) is 5.73 Å². The van der Waals surface area contributed by atoms with E-state index in [9.17, 15) is 4.79 Å². The highest BCUT2D eigenvalue weighted by Crippen LogP contribution is 2.13. The number of rotatable bonds is 3. The third kappa shape index (κ3) is 3.68. The fraction of sp³-hybridized carbons (Fsp3) is 0.231. The number of oxazole rings is 1.